The van der Waals surface area contributed by atoms with Gasteiger partial charge in [-0.2, -0.15) is 0 Å². The van der Waals surface area contributed by atoms with Gasteiger partial charge in [-0.1, -0.05) is 12.1 Å². The molecule has 4 nitrogen and oxygen atoms in total. The summed E-state index contributed by atoms with van der Waals surface area (Å²) in [4.78, 5) is 0. The highest BCUT2D eigenvalue weighted by atomic mass is 32.2. The minimum atomic E-state index is -3.39. The molecule has 0 aromatic heterocycles. The summed E-state index contributed by atoms with van der Waals surface area (Å²) in [6.45, 7) is 1.68. The highest BCUT2D eigenvalue weighted by Gasteiger charge is 2.27. The summed E-state index contributed by atoms with van der Waals surface area (Å²) < 4.78 is 39.1. The van der Waals surface area contributed by atoms with E-state index < -0.39 is 15.8 Å². The van der Waals surface area contributed by atoms with Crippen molar-refractivity contribution in [2.45, 2.75) is 24.6 Å². The monoisotopic (exact) mass is 286 g/mol. The molecule has 1 heterocycles. The second-order valence-electron chi connectivity index (χ2n) is 4.88. The molecule has 0 saturated carbocycles. The maximum absolute atomic E-state index is 13.1. The zero-order valence-electron chi connectivity index (χ0n) is 11.0. The summed E-state index contributed by atoms with van der Waals surface area (Å²) >= 11 is 0. The molecule has 0 radical (unpaired) electrons. The Morgan fingerprint density at radius 1 is 1.37 bits per heavy atom. The Bertz CT molecular complexity index is 527. The Morgan fingerprint density at radius 3 is 2.68 bits per heavy atom. The smallest absolute Gasteiger partial charge is 0.218 e. The van der Waals surface area contributed by atoms with Gasteiger partial charge < -0.3 is 5.32 Å². The number of nitrogens with zero attached hydrogens (tertiary/aromatic N) is 1. The highest BCUT2D eigenvalue weighted by Crippen LogP contribution is 2.17. The van der Waals surface area contributed by atoms with E-state index in [1.165, 1.54) is 22.5 Å². The van der Waals surface area contributed by atoms with Crippen LogP contribution in [0.2, 0.25) is 0 Å². The molecule has 1 aromatic rings. The normalized spacial score (nSPS) is 17.8. The van der Waals surface area contributed by atoms with Crippen molar-refractivity contribution in [1.82, 2.24) is 9.62 Å². The van der Waals surface area contributed by atoms with E-state index in [1.54, 1.807) is 13.1 Å². The van der Waals surface area contributed by atoms with E-state index in [-0.39, 0.29) is 11.8 Å². The number of sulfonamides is 1. The largest absolute Gasteiger partial charge is 0.317 e. The molecule has 0 spiro atoms. The second-order valence-corrected chi connectivity index (χ2v) is 6.91. The third-order valence-corrected chi connectivity index (χ3v) is 5.37. The molecule has 0 amide bonds. The molecule has 0 aliphatic carbocycles. The van der Waals surface area contributed by atoms with Crippen LogP contribution in [0, 0.1) is 5.82 Å². The predicted octanol–water partition coefficient (Wildman–Crippen LogP) is 1.34. The maximum atomic E-state index is 13.1. The van der Waals surface area contributed by atoms with Crippen LogP contribution in [0.4, 0.5) is 4.39 Å². The van der Waals surface area contributed by atoms with Crippen LogP contribution >= 0.6 is 0 Å². The Hall–Kier alpha value is -0.980. The molecule has 1 aliphatic rings. The quantitative estimate of drug-likeness (QED) is 0.908. The van der Waals surface area contributed by atoms with E-state index in [0.717, 1.165) is 25.9 Å². The Balaban J connectivity index is 2.08. The maximum Gasteiger partial charge on any atom is 0.218 e. The molecule has 2 rings (SSSR count). The van der Waals surface area contributed by atoms with Crippen LogP contribution < -0.4 is 5.32 Å². The van der Waals surface area contributed by atoms with Crippen LogP contribution in [0.25, 0.3) is 0 Å². The number of halogens is 1. The average Bonchev–Trinajstić information content (AvgIpc) is 2.38. The molecular formula is C13H19FN2O2S. The lowest BCUT2D eigenvalue weighted by Crippen LogP contribution is -2.44. The van der Waals surface area contributed by atoms with Crippen molar-refractivity contribution in [1.29, 1.82) is 0 Å². The number of hydrogen-bond donors (Lipinski definition) is 1. The molecule has 6 heteroatoms. The van der Waals surface area contributed by atoms with E-state index in [2.05, 4.69) is 5.32 Å². The number of piperidine rings is 1. The lowest BCUT2D eigenvalue weighted by atomic mass is 10.1. The Kier molecular flexibility index (Phi) is 4.54. The zero-order valence-corrected chi connectivity index (χ0v) is 11.8. The number of hydrogen-bond acceptors (Lipinski definition) is 3. The standard InChI is InChI=1S/C13H19FN2O2S/c1-16(13-5-7-15-8-6-13)19(17,18)10-11-3-2-4-12(14)9-11/h2-4,9,13,15H,5-8,10H2,1H3. The fraction of sp³-hybridized carbons (Fsp3) is 0.538. The molecular weight excluding hydrogens is 267 g/mol. The van der Waals surface area contributed by atoms with Crippen LogP contribution in [0.3, 0.4) is 0 Å². The predicted molar refractivity (Wildman–Crippen MR) is 72.7 cm³/mol. The lowest BCUT2D eigenvalue weighted by molar-refractivity contribution is 0.296. The van der Waals surface area contributed by atoms with Crippen molar-refractivity contribution in [2.75, 3.05) is 20.1 Å². The molecule has 19 heavy (non-hydrogen) atoms. The number of rotatable bonds is 4. The summed E-state index contributed by atoms with van der Waals surface area (Å²) in [5.74, 6) is -0.553. The minimum absolute atomic E-state index is 0.0415. The lowest BCUT2D eigenvalue weighted by Gasteiger charge is -2.30. The molecule has 1 N–H and O–H groups in total. The number of nitrogens with one attached hydrogen (secondary N) is 1. The fourth-order valence-corrected chi connectivity index (χ4v) is 3.81. The third kappa shape index (κ3) is 3.75. The average molecular weight is 286 g/mol. The Morgan fingerprint density at radius 2 is 2.05 bits per heavy atom. The van der Waals surface area contributed by atoms with E-state index in [0.29, 0.717) is 5.56 Å². The summed E-state index contributed by atoms with van der Waals surface area (Å²) in [6, 6.07) is 5.79. The summed E-state index contributed by atoms with van der Waals surface area (Å²) in [5.41, 5.74) is 0.487. The van der Waals surface area contributed by atoms with Crippen LogP contribution in [0.15, 0.2) is 24.3 Å². The van der Waals surface area contributed by atoms with Crippen molar-refractivity contribution in [3.63, 3.8) is 0 Å². The highest BCUT2D eigenvalue weighted by molar-refractivity contribution is 7.88. The van der Waals surface area contributed by atoms with Gasteiger partial charge in [-0.05, 0) is 43.6 Å². The first-order valence-electron chi connectivity index (χ1n) is 6.40. The van der Waals surface area contributed by atoms with Gasteiger partial charge in [-0.15, -0.1) is 0 Å². The molecule has 0 bridgehead atoms. The van der Waals surface area contributed by atoms with Crippen molar-refractivity contribution >= 4 is 10.0 Å². The first kappa shape index (κ1) is 14.4. The van der Waals surface area contributed by atoms with Crippen molar-refractivity contribution < 1.29 is 12.8 Å². The van der Waals surface area contributed by atoms with E-state index in [9.17, 15) is 12.8 Å². The van der Waals surface area contributed by atoms with Gasteiger partial charge in [0.05, 0.1) is 5.75 Å². The SMILES string of the molecule is CN(C1CCNCC1)S(=O)(=O)Cc1cccc(F)c1. The molecule has 106 valence electrons. The van der Waals surface area contributed by atoms with Gasteiger partial charge in [-0.25, -0.2) is 17.1 Å². The summed E-state index contributed by atoms with van der Waals surface area (Å²) in [7, 11) is -1.78. The van der Waals surface area contributed by atoms with Crippen LogP contribution in [-0.4, -0.2) is 38.9 Å². The van der Waals surface area contributed by atoms with Crippen molar-refractivity contribution in [3.8, 4) is 0 Å². The first-order chi connectivity index (χ1) is 8.99. The minimum Gasteiger partial charge on any atom is -0.317 e. The third-order valence-electron chi connectivity index (χ3n) is 3.50. The van der Waals surface area contributed by atoms with Gasteiger partial charge in [0.1, 0.15) is 5.82 Å². The van der Waals surface area contributed by atoms with Crippen molar-refractivity contribution in [3.05, 3.63) is 35.6 Å². The van der Waals surface area contributed by atoms with Crippen LogP contribution in [0.5, 0.6) is 0 Å². The van der Waals surface area contributed by atoms with Gasteiger partial charge >= 0.3 is 0 Å². The van der Waals surface area contributed by atoms with Gasteiger partial charge in [0.25, 0.3) is 0 Å². The van der Waals surface area contributed by atoms with Gasteiger partial charge in [0.2, 0.25) is 10.0 Å². The molecule has 1 saturated heterocycles. The molecule has 1 aliphatic heterocycles. The molecule has 0 unspecified atom stereocenters. The van der Waals surface area contributed by atoms with E-state index >= 15 is 0 Å². The van der Waals surface area contributed by atoms with Gasteiger partial charge in [-0.3, -0.25) is 0 Å². The first-order valence-corrected chi connectivity index (χ1v) is 8.01. The van der Waals surface area contributed by atoms with E-state index in [4.69, 9.17) is 0 Å². The van der Waals surface area contributed by atoms with Gasteiger partial charge in [0, 0.05) is 13.1 Å². The number of benzene rings is 1. The summed E-state index contributed by atoms with van der Waals surface area (Å²) in [5, 5.41) is 3.21. The van der Waals surface area contributed by atoms with Crippen LogP contribution in [-0.2, 0) is 15.8 Å². The topological polar surface area (TPSA) is 49.4 Å². The molecule has 1 fully saturated rings. The van der Waals surface area contributed by atoms with Crippen molar-refractivity contribution in [2.24, 2.45) is 0 Å². The van der Waals surface area contributed by atoms with Crippen LogP contribution in [0.1, 0.15) is 18.4 Å². The fourth-order valence-electron chi connectivity index (χ4n) is 2.34. The molecule has 0 atom stereocenters. The molecule has 1 aromatic carbocycles. The van der Waals surface area contributed by atoms with Gasteiger partial charge in [0.15, 0.2) is 0 Å². The Labute approximate surface area is 113 Å². The van der Waals surface area contributed by atoms with E-state index in [1.807, 2.05) is 0 Å². The second kappa shape index (κ2) is 5.98. The zero-order chi connectivity index (χ0) is 13.9. The summed E-state index contributed by atoms with van der Waals surface area (Å²) in [6.07, 6.45) is 1.64.